The van der Waals surface area contributed by atoms with Crippen molar-refractivity contribution in [2.45, 2.75) is 13.8 Å². The number of rotatable bonds is 2. The average molecular weight is 150 g/mol. The Balaban J connectivity index is 0. The number of hydrogen-bond acceptors (Lipinski definition) is 4. The summed E-state index contributed by atoms with van der Waals surface area (Å²) >= 11 is 0. The van der Waals surface area contributed by atoms with Gasteiger partial charge in [0, 0.05) is 5.41 Å². The Morgan fingerprint density at radius 2 is 1.30 bits per heavy atom. The standard InChI is InChI=1S/C5H12O2.BH3O2/c1-5(2,3-6)4-7;2-1-3/h6-7H,3-4H2,1-2H3;1-3H. The van der Waals surface area contributed by atoms with Crippen molar-refractivity contribution in [2.75, 3.05) is 13.2 Å². The summed E-state index contributed by atoms with van der Waals surface area (Å²) in [6.07, 6.45) is 0. The van der Waals surface area contributed by atoms with Gasteiger partial charge in [0.15, 0.2) is 0 Å². The fourth-order valence-electron chi connectivity index (χ4n) is 0.0500. The smallest absolute Gasteiger partial charge is 0.430 e. The van der Waals surface area contributed by atoms with Gasteiger partial charge in [0.1, 0.15) is 0 Å². The molecule has 5 heteroatoms. The molecule has 4 nitrogen and oxygen atoms in total. The highest BCUT2D eigenvalue weighted by atomic mass is 16.4. The highest BCUT2D eigenvalue weighted by Crippen LogP contribution is 2.10. The van der Waals surface area contributed by atoms with Crippen LogP contribution in [-0.2, 0) is 0 Å². The molecule has 0 aromatic rings. The number of aliphatic hydroxyl groups is 2. The fourth-order valence-corrected chi connectivity index (χ4v) is 0.0500. The second-order valence-electron chi connectivity index (χ2n) is 2.62. The van der Waals surface area contributed by atoms with Crippen molar-refractivity contribution in [1.82, 2.24) is 0 Å². The van der Waals surface area contributed by atoms with Crippen molar-refractivity contribution in [3.8, 4) is 0 Å². The molecule has 62 valence electrons. The van der Waals surface area contributed by atoms with E-state index in [4.69, 9.17) is 20.3 Å². The molecule has 4 N–H and O–H groups in total. The maximum atomic E-state index is 8.43. The lowest BCUT2D eigenvalue weighted by Gasteiger charge is -2.16. The maximum absolute atomic E-state index is 8.43. The first kappa shape index (κ1) is 12.6. The van der Waals surface area contributed by atoms with Crippen LogP contribution in [-0.4, -0.2) is 41.2 Å². The Labute approximate surface area is 61.4 Å². The Morgan fingerprint density at radius 3 is 1.30 bits per heavy atom. The molecular weight excluding hydrogens is 135 g/mol. The molecule has 0 aliphatic heterocycles. The van der Waals surface area contributed by atoms with E-state index in [9.17, 15) is 0 Å². The summed E-state index contributed by atoms with van der Waals surface area (Å²) in [5, 5.41) is 31.1. The van der Waals surface area contributed by atoms with E-state index >= 15 is 0 Å². The van der Waals surface area contributed by atoms with Crippen molar-refractivity contribution >= 4 is 7.69 Å². The Kier molecular flexibility index (Phi) is 8.82. The van der Waals surface area contributed by atoms with Gasteiger partial charge in [-0.05, 0) is 0 Å². The molecule has 0 bridgehead atoms. The molecule has 0 atom stereocenters. The summed E-state index contributed by atoms with van der Waals surface area (Å²) in [5.41, 5.74) is -0.306. The average Bonchev–Trinajstić information content (AvgIpc) is 1.90. The predicted octanol–water partition coefficient (Wildman–Crippen LogP) is -1.77. The maximum Gasteiger partial charge on any atom is 0.432 e. The zero-order chi connectivity index (χ0) is 8.62. The third kappa shape index (κ3) is 10.8. The second kappa shape index (κ2) is 7.02. The molecule has 0 rings (SSSR count). The molecule has 0 amide bonds. The molecule has 0 spiro atoms. The van der Waals surface area contributed by atoms with Gasteiger partial charge in [-0.1, -0.05) is 13.8 Å². The van der Waals surface area contributed by atoms with Crippen molar-refractivity contribution < 1.29 is 20.3 Å². The number of aliphatic hydroxyl groups excluding tert-OH is 2. The van der Waals surface area contributed by atoms with Crippen LogP contribution in [0.4, 0.5) is 0 Å². The first-order valence-corrected chi connectivity index (χ1v) is 2.97. The summed E-state index contributed by atoms with van der Waals surface area (Å²) in [5.74, 6) is 0. The van der Waals surface area contributed by atoms with E-state index in [-0.39, 0.29) is 18.6 Å². The van der Waals surface area contributed by atoms with E-state index in [1.807, 2.05) is 0 Å². The summed E-state index contributed by atoms with van der Waals surface area (Å²) < 4.78 is 0. The van der Waals surface area contributed by atoms with Crippen LogP contribution in [0.15, 0.2) is 0 Å². The summed E-state index contributed by atoms with van der Waals surface area (Å²) in [6, 6.07) is 0. The second-order valence-corrected chi connectivity index (χ2v) is 2.62. The van der Waals surface area contributed by atoms with Crippen LogP contribution in [0.2, 0.25) is 0 Å². The quantitative estimate of drug-likeness (QED) is 0.351. The van der Waals surface area contributed by atoms with Gasteiger partial charge in [0.25, 0.3) is 0 Å². The molecule has 0 aromatic heterocycles. The van der Waals surface area contributed by atoms with Crippen molar-refractivity contribution in [2.24, 2.45) is 5.41 Å². The molecule has 0 saturated carbocycles. The van der Waals surface area contributed by atoms with Crippen LogP contribution >= 0.6 is 0 Å². The van der Waals surface area contributed by atoms with Gasteiger partial charge in [-0.15, -0.1) is 0 Å². The summed E-state index contributed by atoms with van der Waals surface area (Å²) in [7, 11) is -0.750. The summed E-state index contributed by atoms with van der Waals surface area (Å²) in [6.45, 7) is 3.69. The van der Waals surface area contributed by atoms with Crippen LogP contribution < -0.4 is 0 Å². The zero-order valence-electron chi connectivity index (χ0n) is 6.41. The van der Waals surface area contributed by atoms with Crippen molar-refractivity contribution in [3.05, 3.63) is 0 Å². The number of hydrogen-bond donors (Lipinski definition) is 4. The highest BCUT2D eigenvalue weighted by molar-refractivity contribution is 6.13. The van der Waals surface area contributed by atoms with E-state index in [0.717, 1.165) is 0 Å². The van der Waals surface area contributed by atoms with E-state index < -0.39 is 7.69 Å². The fraction of sp³-hybridized carbons (Fsp3) is 1.00. The van der Waals surface area contributed by atoms with E-state index in [1.54, 1.807) is 13.8 Å². The van der Waals surface area contributed by atoms with Crippen LogP contribution in [0.3, 0.4) is 0 Å². The highest BCUT2D eigenvalue weighted by Gasteiger charge is 2.13. The molecule has 0 heterocycles. The predicted molar refractivity (Wildman–Crippen MR) is 39.5 cm³/mol. The van der Waals surface area contributed by atoms with Crippen LogP contribution in [0, 0.1) is 5.41 Å². The molecule has 0 fully saturated rings. The van der Waals surface area contributed by atoms with Gasteiger partial charge >= 0.3 is 7.69 Å². The largest absolute Gasteiger partial charge is 0.432 e. The molecule has 0 radical (unpaired) electrons. The summed E-state index contributed by atoms with van der Waals surface area (Å²) in [4.78, 5) is 0. The molecular formula is C5H15BO4. The first-order chi connectivity index (χ1) is 4.54. The van der Waals surface area contributed by atoms with Gasteiger partial charge in [-0.25, -0.2) is 0 Å². The minimum absolute atomic E-state index is 0.0451. The normalized spacial score (nSPS) is 9.80. The Hall–Kier alpha value is -0.0951. The van der Waals surface area contributed by atoms with Gasteiger partial charge in [0.05, 0.1) is 13.2 Å². The van der Waals surface area contributed by atoms with Gasteiger partial charge in [-0.3, -0.25) is 0 Å². The first-order valence-electron chi connectivity index (χ1n) is 2.97. The van der Waals surface area contributed by atoms with Gasteiger partial charge < -0.3 is 20.3 Å². The molecule has 0 aliphatic rings. The topological polar surface area (TPSA) is 80.9 Å². The SMILES string of the molecule is CC(C)(CO)CO.OBO. The lowest BCUT2D eigenvalue weighted by Crippen LogP contribution is -2.20. The minimum atomic E-state index is -0.750. The minimum Gasteiger partial charge on any atom is -0.430 e. The van der Waals surface area contributed by atoms with E-state index in [1.165, 1.54) is 0 Å². The third-order valence-corrected chi connectivity index (χ3v) is 0.856. The van der Waals surface area contributed by atoms with E-state index in [0.29, 0.717) is 0 Å². The Bertz CT molecular complexity index is 60.7. The molecule has 0 aromatic carbocycles. The molecule has 0 saturated heterocycles. The Morgan fingerprint density at radius 1 is 1.10 bits per heavy atom. The molecule has 0 unspecified atom stereocenters. The molecule has 0 aliphatic carbocycles. The van der Waals surface area contributed by atoms with Crippen LogP contribution in [0.25, 0.3) is 0 Å². The third-order valence-electron chi connectivity index (χ3n) is 0.856. The van der Waals surface area contributed by atoms with E-state index in [2.05, 4.69) is 0 Å². The van der Waals surface area contributed by atoms with Crippen molar-refractivity contribution in [3.63, 3.8) is 0 Å². The lowest BCUT2D eigenvalue weighted by atomic mass is 9.97. The van der Waals surface area contributed by atoms with Gasteiger partial charge in [-0.2, -0.15) is 0 Å². The van der Waals surface area contributed by atoms with Crippen molar-refractivity contribution in [1.29, 1.82) is 0 Å². The zero-order valence-corrected chi connectivity index (χ0v) is 6.41. The van der Waals surface area contributed by atoms with Gasteiger partial charge in [0.2, 0.25) is 0 Å². The molecule has 10 heavy (non-hydrogen) atoms. The monoisotopic (exact) mass is 150 g/mol. The van der Waals surface area contributed by atoms with Crippen LogP contribution in [0.1, 0.15) is 13.8 Å². The lowest BCUT2D eigenvalue weighted by molar-refractivity contribution is 0.0857. The van der Waals surface area contributed by atoms with Crippen LogP contribution in [0.5, 0.6) is 0 Å².